The van der Waals surface area contributed by atoms with Gasteiger partial charge < -0.3 is 9.47 Å². The Hall–Kier alpha value is -8.46. The highest BCUT2D eigenvalue weighted by atomic mass is 15.1. The van der Waals surface area contributed by atoms with Gasteiger partial charge in [-0.2, -0.15) is 0 Å². The lowest BCUT2D eigenvalue weighted by Gasteiger charge is -2.39. The summed E-state index contributed by atoms with van der Waals surface area (Å²) in [4.78, 5) is 2.54. The minimum atomic E-state index is -0.566. The van der Waals surface area contributed by atoms with E-state index < -0.39 is 5.41 Å². The summed E-state index contributed by atoms with van der Waals surface area (Å²) in [6, 6.07) is 90.3. The highest BCUT2D eigenvalue weighted by Crippen LogP contribution is 2.63. The average Bonchev–Trinajstić information content (AvgIpc) is 3.88. The molecule has 0 fully saturated rings. The van der Waals surface area contributed by atoms with Gasteiger partial charge in [-0.1, -0.05) is 206 Å². The number of para-hydroxylation sites is 4. The van der Waals surface area contributed by atoms with Crippen molar-refractivity contribution in [3.8, 4) is 39.1 Å². The molecule has 2 aliphatic rings. The van der Waals surface area contributed by atoms with Gasteiger partial charge in [-0.3, -0.25) is 0 Å². The number of aromatic nitrogens is 1. The fourth-order valence-corrected chi connectivity index (χ4v) is 11.7. The monoisotopic (exact) mass is 824 g/mol. The molecule has 1 atom stereocenters. The van der Waals surface area contributed by atoms with Crippen molar-refractivity contribution in [1.29, 1.82) is 0 Å². The van der Waals surface area contributed by atoms with Crippen LogP contribution in [0, 0.1) is 0 Å². The first-order valence-corrected chi connectivity index (χ1v) is 22.6. The Bertz CT molecular complexity index is 3900. The lowest BCUT2D eigenvalue weighted by Crippen LogP contribution is -2.33. The zero-order valence-corrected chi connectivity index (χ0v) is 35.5. The molecule has 0 radical (unpaired) electrons. The number of anilines is 3. The van der Waals surface area contributed by atoms with Gasteiger partial charge in [0.2, 0.25) is 0 Å². The van der Waals surface area contributed by atoms with Crippen LogP contribution < -0.4 is 4.90 Å². The molecule has 2 heterocycles. The third-order valence-corrected chi connectivity index (χ3v) is 14.4. The molecule has 1 aliphatic heterocycles. The quantitative estimate of drug-likeness (QED) is 0.157. The number of fused-ring (bicyclic) bond motifs is 15. The third kappa shape index (κ3) is 4.99. The van der Waals surface area contributed by atoms with Gasteiger partial charge in [-0.05, 0) is 102 Å². The van der Waals surface area contributed by atoms with E-state index in [-0.39, 0.29) is 0 Å². The summed E-state index contributed by atoms with van der Waals surface area (Å²) in [5.41, 5.74) is 19.1. The van der Waals surface area contributed by atoms with Crippen molar-refractivity contribution in [2.24, 2.45) is 0 Å². The summed E-state index contributed by atoms with van der Waals surface area (Å²) in [6.07, 6.45) is 0. The minimum Gasteiger partial charge on any atom is -0.309 e. The maximum Gasteiger partial charge on any atom is 0.0755 e. The third-order valence-electron chi connectivity index (χ3n) is 14.4. The highest BCUT2D eigenvalue weighted by Gasteiger charge is 2.51. The normalized spacial score (nSPS) is 14.5. The van der Waals surface area contributed by atoms with Crippen LogP contribution in [-0.2, 0) is 5.41 Å². The van der Waals surface area contributed by atoms with Crippen molar-refractivity contribution < 1.29 is 0 Å². The lowest BCUT2D eigenvalue weighted by molar-refractivity contribution is 0.748. The summed E-state index contributed by atoms with van der Waals surface area (Å²) in [5, 5.41) is 7.54. The first kappa shape index (κ1) is 36.1. The number of hydrogen-bond donors (Lipinski definition) is 0. The van der Waals surface area contributed by atoms with Crippen molar-refractivity contribution in [1.82, 2.24) is 4.57 Å². The molecule has 0 bridgehead atoms. The van der Waals surface area contributed by atoms with Crippen LogP contribution in [0.5, 0.6) is 0 Å². The Morgan fingerprint density at radius 2 is 0.938 bits per heavy atom. The van der Waals surface area contributed by atoms with Crippen LogP contribution in [0.15, 0.2) is 243 Å². The SMILES string of the molecule is c1ccc(-c2ccc(-c3ccccc3N(c3ccc4c(ccc5ccccc54)c3)c3cccc4c3-c3ccccc3C43c4ccccc4-n4c5ccccc5c5cccc3c54)cc2)cc1. The van der Waals surface area contributed by atoms with E-state index in [9.17, 15) is 0 Å². The smallest absolute Gasteiger partial charge is 0.0755 e. The molecule has 2 nitrogen and oxygen atoms in total. The van der Waals surface area contributed by atoms with E-state index in [2.05, 4.69) is 252 Å². The molecule has 1 aliphatic carbocycles. The number of rotatable bonds is 5. The van der Waals surface area contributed by atoms with E-state index in [1.807, 2.05) is 0 Å². The second-order valence-corrected chi connectivity index (χ2v) is 17.6. The predicted molar refractivity (Wildman–Crippen MR) is 272 cm³/mol. The van der Waals surface area contributed by atoms with Gasteiger partial charge in [0.1, 0.15) is 0 Å². The Morgan fingerprint density at radius 3 is 1.83 bits per heavy atom. The van der Waals surface area contributed by atoms with Gasteiger partial charge in [0.15, 0.2) is 0 Å². The van der Waals surface area contributed by atoms with Gasteiger partial charge in [0.05, 0.1) is 33.5 Å². The van der Waals surface area contributed by atoms with Gasteiger partial charge >= 0.3 is 0 Å². The van der Waals surface area contributed by atoms with Crippen molar-refractivity contribution in [2.75, 3.05) is 4.90 Å². The molecule has 0 saturated heterocycles. The molecule has 1 unspecified atom stereocenters. The summed E-state index contributed by atoms with van der Waals surface area (Å²) in [7, 11) is 0. The second-order valence-electron chi connectivity index (χ2n) is 17.6. The Balaban J connectivity index is 1.06. The van der Waals surface area contributed by atoms with E-state index in [4.69, 9.17) is 0 Å². The molecule has 0 saturated carbocycles. The Kier molecular flexibility index (Phi) is 7.64. The van der Waals surface area contributed by atoms with Gasteiger partial charge in [-0.25, -0.2) is 0 Å². The van der Waals surface area contributed by atoms with E-state index in [1.54, 1.807) is 0 Å². The van der Waals surface area contributed by atoms with Crippen molar-refractivity contribution in [2.45, 2.75) is 5.41 Å². The summed E-state index contributed by atoms with van der Waals surface area (Å²) >= 11 is 0. The molecule has 302 valence electrons. The second kappa shape index (κ2) is 13.8. The van der Waals surface area contributed by atoms with Crippen LogP contribution in [0.3, 0.4) is 0 Å². The van der Waals surface area contributed by atoms with Gasteiger partial charge in [-0.15, -0.1) is 0 Å². The fraction of sp³-hybridized carbons (Fsp3) is 0.0159. The van der Waals surface area contributed by atoms with E-state index >= 15 is 0 Å². The summed E-state index contributed by atoms with van der Waals surface area (Å²) in [6.45, 7) is 0. The molecule has 14 rings (SSSR count). The number of benzene rings is 11. The van der Waals surface area contributed by atoms with E-state index in [1.165, 1.54) is 105 Å². The largest absolute Gasteiger partial charge is 0.309 e. The molecule has 0 amide bonds. The maximum atomic E-state index is 2.54. The van der Waals surface area contributed by atoms with E-state index in [0.29, 0.717) is 0 Å². The molecule has 65 heavy (non-hydrogen) atoms. The zero-order valence-electron chi connectivity index (χ0n) is 35.5. The summed E-state index contributed by atoms with van der Waals surface area (Å²) in [5.74, 6) is 0. The average molecular weight is 825 g/mol. The molecule has 0 N–H and O–H groups in total. The Labute approximate surface area is 377 Å². The van der Waals surface area contributed by atoms with E-state index in [0.717, 1.165) is 17.1 Å². The lowest BCUT2D eigenvalue weighted by atomic mass is 9.65. The van der Waals surface area contributed by atoms with Crippen LogP contribution >= 0.6 is 0 Å². The van der Waals surface area contributed by atoms with Crippen LogP contribution in [0.2, 0.25) is 0 Å². The Morgan fingerprint density at radius 1 is 0.338 bits per heavy atom. The first-order chi connectivity index (χ1) is 32.3. The van der Waals surface area contributed by atoms with Crippen LogP contribution in [0.25, 0.3) is 82.4 Å². The molecular formula is C63H40N2. The standard InChI is InChI=1S/C63H40N2/c1-2-16-41(17-3-1)42-32-34-44(35-33-42)49-20-7-11-28-57(49)64(46-38-39-48-45(40-46)37-36-43-18-4-5-19-47(43)48)60-31-15-26-55-61(60)52-22-6-9-24-53(52)63(55)54-25-10-13-30-59(54)65-58-29-12-8-21-50(58)51-23-14-27-56(63)62(51)65/h1-40H. The number of hydrogen-bond acceptors (Lipinski definition) is 1. The maximum absolute atomic E-state index is 2.54. The van der Waals surface area contributed by atoms with Crippen LogP contribution in [0.1, 0.15) is 22.3 Å². The fourth-order valence-electron chi connectivity index (χ4n) is 11.7. The first-order valence-electron chi connectivity index (χ1n) is 22.6. The molecule has 2 heteroatoms. The molecule has 1 spiro atoms. The van der Waals surface area contributed by atoms with Crippen molar-refractivity contribution >= 4 is 60.4 Å². The molecule has 1 aromatic heterocycles. The molecule has 12 aromatic rings. The van der Waals surface area contributed by atoms with Gasteiger partial charge in [0, 0.05) is 27.6 Å². The zero-order chi connectivity index (χ0) is 42.6. The number of nitrogens with zero attached hydrogens (tertiary/aromatic N) is 2. The van der Waals surface area contributed by atoms with Crippen LogP contribution in [0.4, 0.5) is 17.1 Å². The predicted octanol–water partition coefficient (Wildman–Crippen LogP) is 16.6. The van der Waals surface area contributed by atoms with Crippen LogP contribution in [-0.4, -0.2) is 4.57 Å². The summed E-state index contributed by atoms with van der Waals surface area (Å²) < 4.78 is 2.52. The molecule has 11 aromatic carbocycles. The van der Waals surface area contributed by atoms with Gasteiger partial charge in [0.25, 0.3) is 0 Å². The van der Waals surface area contributed by atoms with Crippen molar-refractivity contribution in [3.63, 3.8) is 0 Å². The molecular weight excluding hydrogens is 785 g/mol. The highest BCUT2D eigenvalue weighted by molar-refractivity contribution is 6.14. The van der Waals surface area contributed by atoms with Crippen molar-refractivity contribution in [3.05, 3.63) is 265 Å². The topological polar surface area (TPSA) is 8.17 Å². The minimum absolute atomic E-state index is 0.566.